The standard InChI is InChI=1S/C34H60N10O4S/c1-8-13-24(9-2)18-28(30(45)22(3)4)43-32(47)27(14-10-11-16-35)42-33(48)29(19-25(20-38-7)40-21-49)44-31(46)26(41-23(5)6)15-12-17-39-34(36)37/h8-9,13,20-23,26-29,38,41H,1-2,10-12,14-19,35H2,3-7H3,(H,40,49)(H,42,48)(H,43,47)(H,44,46)(H4,36,37,39)/b24-13+,25-20-. The number of unbranched alkanes of at least 4 members (excludes halogenated alkanes) is 1. The lowest BCUT2D eigenvalue weighted by atomic mass is 9.94. The van der Waals surface area contributed by atoms with Crippen LogP contribution in [-0.4, -0.2) is 85.3 Å². The predicted octanol–water partition coefficient (Wildman–Crippen LogP) is 0.901. The van der Waals surface area contributed by atoms with Gasteiger partial charge in [0.2, 0.25) is 17.7 Å². The van der Waals surface area contributed by atoms with Crippen LogP contribution >= 0.6 is 12.2 Å². The molecule has 49 heavy (non-hydrogen) atoms. The van der Waals surface area contributed by atoms with Crippen LogP contribution in [0.15, 0.2) is 53.8 Å². The lowest BCUT2D eigenvalue weighted by molar-refractivity contribution is -0.134. The SMILES string of the molecule is C=C/C=C(\C=C)CC(NC(=O)C(CCCCN)NC(=O)C(C/C(=C/NC)NC=S)NC(=O)C(CCCN=C(N)N)NC(C)C)C(=O)C(C)C. The normalized spacial score (nSPS) is 14.1. The molecule has 15 heteroatoms. The molecule has 3 amide bonds. The van der Waals surface area contributed by atoms with Gasteiger partial charge < -0.3 is 49.1 Å². The maximum Gasteiger partial charge on any atom is 0.243 e. The summed E-state index contributed by atoms with van der Waals surface area (Å²) in [5, 5.41) is 17.6. The number of carbonyl (C=O) groups is 4. The number of amides is 3. The number of hydrogen-bond donors (Lipinski definition) is 9. The molecular weight excluding hydrogens is 645 g/mol. The molecule has 0 saturated carbocycles. The summed E-state index contributed by atoms with van der Waals surface area (Å²) in [5.41, 5.74) is 19.1. The summed E-state index contributed by atoms with van der Waals surface area (Å²) in [6.07, 6.45) is 9.09. The number of hydrogen-bond acceptors (Lipinski definition) is 9. The fourth-order valence-electron chi connectivity index (χ4n) is 4.84. The van der Waals surface area contributed by atoms with Crippen LogP contribution in [0, 0.1) is 5.92 Å². The van der Waals surface area contributed by atoms with E-state index in [0.717, 1.165) is 5.57 Å². The summed E-state index contributed by atoms with van der Waals surface area (Å²) < 4.78 is 0. The molecule has 0 saturated heterocycles. The zero-order valence-corrected chi connectivity index (χ0v) is 30.7. The second-order valence-corrected chi connectivity index (χ2v) is 12.4. The number of aliphatic imine (C=N–C) groups is 1. The Balaban J connectivity index is 6.46. The highest BCUT2D eigenvalue weighted by molar-refractivity contribution is 7.78. The lowest BCUT2D eigenvalue weighted by Gasteiger charge is -2.28. The van der Waals surface area contributed by atoms with Gasteiger partial charge in [0, 0.05) is 43.9 Å². The molecule has 12 N–H and O–H groups in total. The molecule has 276 valence electrons. The van der Waals surface area contributed by atoms with Crippen molar-refractivity contribution in [3.8, 4) is 0 Å². The third-order valence-corrected chi connectivity index (χ3v) is 7.38. The average molecular weight is 705 g/mol. The van der Waals surface area contributed by atoms with E-state index in [1.165, 1.54) is 5.49 Å². The average Bonchev–Trinajstić information content (AvgIpc) is 3.03. The van der Waals surface area contributed by atoms with Crippen LogP contribution in [0.25, 0.3) is 0 Å². The Morgan fingerprint density at radius 3 is 1.96 bits per heavy atom. The smallest absolute Gasteiger partial charge is 0.243 e. The van der Waals surface area contributed by atoms with E-state index in [1.54, 1.807) is 45.3 Å². The van der Waals surface area contributed by atoms with Crippen LogP contribution in [-0.2, 0) is 19.2 Å². The van der Waals surface area contributed by atoms with Crippen molar-refractivity contribution in [1.82, 2.24) is 31.9 Å². The third-order valence-electron chi connectivity index (χ3n) is 7.26. The Morgan fingerprint density at radius 1 is 0.837 bits per heavy atom. The van der Waals surface area contributed by atoms with Crippen molar-refractivity contribution in [3.63, 3.8) is 0 Å². The van der Waals surface area contributed by atoms with Gasteiger partial charge in [-0.25, -0.2) is 0 Å². The Labute approximate surface area is 297 Å². The van der Waals surface area contributed by atoms with Gasteiger partial charge in [-0.3, -0.25) is 24.2 Å². The van der Waals surface area contributed by atoms with Gasteiger partial charge in [0.05, 0.1) is 17.6 Å². The zero-order chi connectivity index (χ0) is 37.4. The van der Waals surface area contributed by atoms with E-state index < -0.39 is 41.9 Å². The first kappa shape index (κ1) is 44.9. The number of thiocarbonyl (C=S) groups is 1. The number of nitrogens with two attached hydrogens (primary N) is 3. The van der Waals surface area contributed by atoms with E-state index in [9.17, 15) is 19.2 Å². The maximum absolute atomic E-state index is 14.0. The Hall–Kier alpha value is -4.08. The van der Waals surface area contributed by atoms with Gasteiger partial charge in [0.1, 0.15) is 12.1 Å². The van der Waals surface area contributed by atoms with Gasteiger partial charge in [-0.2, -0.15) is 0 Å². The highest BCUT2D eigenvalue weighted by Crippen LogP contribution is 2.14. The predicted molar refractivity (Wildman–Crippen MR) is 202 cm³/mol. The van der Waals surface area contributed by atoms with Crippen molar-refractivity contribution >= 4 is 47.2 Å². The van der Waals surface area contributed by atoms with Crippen molar-refractivity contribution in [2.24, 2.45) is 28.1 Å². The highest BCUT2D eigenvalue weighted by Gasteiger charge is 2.32. The topological polar surface area (TPSA) is 231 Å². The second kappa shape index (κ2) is 25.9. The van der Waals surface area contributed by atoms with Crippen molar-refractivity contribution in [2.45, 2.75) is 103 Å². The zero-order valence-electron chi connectivity index (χ0n) is 29.8. The number of carbonyl (C=O) groups excluding carboxylic acids is 4. The van der Waals surface area contributed by atoms with Gasteiger partial charge in [0.15, 0.2) is 11.7 Å². The number of guanidine groups is 1. The molecule has 0 bridgehead atoms. The summed E-state index contributed by atoms with van der Waals surface area (Å²) in [7, 11) is 1.69. The van der Waals surface area contributed by atoms with Gasteiger partial charge in [-0.15, -0.1) is 0 Å². The third kappa shape index (κ3) is 19.5. The summed E-state index contributed by atoms with van der Waals surface area (Å²) >= 11 is 4.98. The minimum absolute atomic E-state index is 0.0224. The first-order valence-corrected chi connectivity index (χ1v) is 17.2. The fourth-order valence-corrected chi connectivity index (χ4v) is 5.00. The van der Waals surface area contributed by atoms with E-state index >= 15 is 0 Å². The minimum Gasteiger partial charge on any atom is -0.393 e. The largest absolute Gasteiger partial charge is 0.393 e. The first-order valence-electron chi connectivity index (χ1n) is 16.7. The number of rotatable bonds is 27. The van der Waals surface area contributed by atoms with Crippen LogP contribution in [0.5, 0.6) is 0 Å². The summed E-state index contributed by atoms with van der Waals surface area (Å²) in [6.45, 7) is 15.6. The van der Waals surface area contributed by atoms with Gasteiger partial charge in [-0.05, 0) is 50.6 Å². The van der Waals surface area contributed by atoms with E-state index in [4.69, 9.17) is 29.4 Å². The van der Waals surface area contributed by atoms with Crippen LogP contribution in [0.1, 0.15) is 72.6 Å². The van der Waals surface area contributed by atoms with E-state index in [-0.39, 0.29) is 43.0 Å². The molecule has 14 nitrogen and oxygen atoms in total. The molecule has 0 fully saturated rings. The Bertz CT molecular complexity index is 1180. The monoisotopic (exact) mass is 704 g/mol. The number of nitrogens with one attached hydrogen (secondary N) is 6. The molecule has 0 aromatic heterocycles. The molecule has 0 aliphatic heterocycles. The van der Waals surface area contributed by atoms with Crippen LogP contribution in [0.3, 0.4) is 0 Å². The van der Waals surface area contributed by atoms with Gasteiger partial charge >= 0.3 is 0 Å². The van der Waals surface area contributed by atoms with Gasteiger partial charge in [-0.1, -0.05) is 71.3 Å². The van der Waals surface area contributed by atoms with Crippen LogP contribution in [0.2, 0.25) is 0 Å². The lowest BCUT2D eigenvalue weighted by Crippen LogP contribution is -2.58. The molecular formula is C34H60N10O4S. The number of allylic oxidation sites excluding steroid dienone is 3. The molecule has 0 heterocycles. The summed E-state index contributed by atoms with van der Waals surface area (Å²) in [6, 6.07) is -3.68. The van der Waals surface area contributed by atoms with E-state index in [0.29, 0.717) is 44.5 Å². The molecule has 0 aliphatic rings. The number of nitrogens with zero attached hydrogens (tertiary/aromatic N) is 1. The van der Waals surface area contributed by atoms with Gasteiger partial charge in [0.25, 0.3) is 0 Å². The maximum atomic E-state index is 14.0. The summed E-state index contributed by atoms with van der Waals surface area (Å²) in [5.74, 6) is -2.10. The quantitative estimate of drug-likeness (QED) is 0.0192. The summed E-state index contributed by atoms with van der Waals surface area (Å²) in [4.78, 5) is 58.6. The molecule has 4 unspecified atom stereocenters. The van der Waals surface area contributed by atoms with E-state index in [2.05, 4.69) is 50.1 Å². The molecule has 0 aromatic carbocycles. The van der Waals surface area contributed by atoms with Crippen LogP contribution in [0.4, 0.5) is 0 Å². The van der Waals surface area contributed by atoms with Crippen molar-refractivity contribution in [2.75, 3.05) is 20.1 Å². The minimum atomic E-state index is -1.11. The molecule has 0 aromatic rings. The molecule has 0 rings (SSSR count). The van der Waals surface area contributed by atoms with Crippen LogP contribution < -0.4 is 49.1 Å². The molecule has 0 radical (unpaired) electrons. The Kier molecular flexibility index (Phi) is 23.7. The van der Waals surface area contributed by atoms with Crippen molar-refractivity contribution < 1.29 is 19.2 Å². The molecule has 4 atom stereocenters. The Morgan fingerprint density at radius 2 is 1.43 bits per heavy atom. The molecule has 0 aliphatic carbocycles. The number of ketones is 1. The first-order chi connectivity index (χ1) is 23.2. The van der Waals surface area contributed by atoms with Crippen molar-refractivity contribution in [1.29, 1.82) is 0 Å². The number of Topliss-reactive ketones (excluding diaryl/α,β-unsaturated/α-hetero) is 1. The molecule has 0 spiro atoms. The fraction of sp³-hybridized carbons (Fsp3) is 0.588. The second-order valence-electron chi connectivity index (χ2n) is 12.2. The highest BCUT2D eigenvalue weighted by atomic mass is 32.1. The van der Waals surface area contributed by atoms with E-state index in [1.807, 2.05) is 13.8 Å². The van der Waals surface area contributed by atoms with Crippen molar-refractivity contribution in [3.05, 3.63) is 48.9 Å².